The number of nitrogens with two attached hydrogens (primary N) is 1. The smallest absolute Gasteiger partial charge is 0.274 e. The van der Waals surface area contributed by atoms with Crippen molar-refractivity contribution in [1.29, 1.82) is 0 Å². The minimum Gasteiger partial charge on any atom is -0.315 e. The van der Waals surface area contributed by atoms with Crippen molar-refractivity contribution in [2.45, 2.75) is 30.7 Å². The lowest BCUT2D eigenvalue weighted by Gasteiger charge is -2.17. The van der Waals surface area contributed by atoms with Crippen molar-refractivity contribution in [3.8, 4) is 0 Å². The van der Waals surface area contributed by atoms with Crippen molar-refractivity contribution >= 4 is 0 Å². The standard InChI is InChI=1S/C5H7F4N/c1-3(6,7)4(10)2-5(4,8)9/h2,10H2,1H3. The third kappa shape index (κ3) is 0.729. The van der Waals surface area contributed by atoms with Gasteiger partial charge in [0.15, 0.2) is 0 Å². The summed E-state index contributed by atoms with van der Waals surface area (Å²) in [4.78, 5) is 0. The van der Waals surface area contributed by atoms with Crippen molar-refractivity contribution in [3.63, 3.8) is 0 Å². The van der Waals surface area contributed by atoms with Crippen molar-refractivity contribution in [2.75, 3.05) is 0 Å². The van der Waals surface area contributed by atoms with E-state index in [-0.39, 0.29) is 0 Å². The summed E-state index contributed by atoms with van der Waals surface area (Å²) >= 11 is 0. The predicted molar refractivity (Wildman–Crippen MR) is 27.1 cm³/mol. The van der Waals surface area contributed by atoms with Crippen LogP contribution in [-0.4, -0.2) is 17.4 Å². The Morgan fingerprint density at radius 2 is 1.70 bits per heavy atom. The molecule has 5 heteroatoms. The highest BCUT2D eigenvalue weighted by atomic mass is 19.3. The van der Waals surface area contributed by atoms with Gasteiger partial charge >= 0.3 is 0 Å². The summed E-state index contributed by atoms with van der Waals surface area (Å²) in [5, 5.41) is 0. The molecule has 10 heavy (non-hydrogen) atoms. The van der Waals surface area contributed by atoms with E-state index in [9.17, 15) is 17.6 Å². The lowest BCUT2D eigenvalue weighted by atomic mass is 10.1. The number of hydrogen-bond acceptors (Lipinski definition) is 1. The number of alkyl halides is 4. The Morgan fingerprint density at radius 1 is 1.40 bits per heavy atom. The van der Waals surface area contributed by atoms with E-state index < -0.39 is 23.8 Å². The van der Waals surface area contributed by atoms with E-state index >= 15 is 0 Å². The molecule has 0 radical (unpaired) electrons. The first-order valence-electron chi connectivity index (χ1n) is 2.75. The van der Waals surface area contributed by atoms with Crippen molar-refractivity contribution in [1.82, 2.24) is 0 Å². The van der Waals surface area contributed by atoms with Crippen molar-refractivity contribution in [3.05, 3.63) is 0 Å². The molecule has 1 atom stereocenters. The van der Waals surface area contributed by atoms with Crippen LogP contribution in [-0.2, 0) is 0 Å². The Kier molecular flexibility index (Phi) is 1.14. The molecule has 1 aliphatic carbocycles. The summed E-state index contributed by atoms with van der Waals surface area (Å²) in [6.07, 6.45) is -0.913. The largest absolute Gasteiger partial charge is 0.315 e. The van der Waals surface area contributed by atoms with Crippen LogP contribution in [0, 0.1) is 0 Å². The van der Waals surface area contributed by atoms with E-state index in [0.29, 0.717) is 6.92 Å². The van der Waals surface area contributed by atoms with Crippen LogP contribution in [0.3, 0.4) is 0 Å². The predicted octanol–water partition coefficient (Wildman–Crippen LogP) is 1.38. The zero-order valence-corrected chi connectivity index (χ0v) is 5.30. The van der Waals surface area contributed by atoms with Crippen LogP contribution in [0.4, 0.5) is 17.6 Å². The molecule has 0 aliphatic heterocycles. The quantitative estimate of drug-likeness (QED) is 0.571. The number of rotatable bonds is 1. The molecule has 0 aromatic heterocycles. The molecule has 0 heterocycles. The van der Waals surface area contributed by atoms with Gasteiger partial charge in [-0.1, -0.05) is 0 Å². The van der Waals surface area contributed by atoms with Crippen LogP contribution in [0.5, 0.6) is 0 Å². The summed E-state index contributed by atoms with van der Waals surface area (Å²) in [6.45, 7) is 0.411. The fourth-order valence-corrected chi connectivity index (χ4v) is 0.782. The Hall–Kier alpha value is -0.320. The fraction of sp³-hybridized carbons (Fsp3) is 1.00. The summed E-state index contributed by atoms with van der Waals surface area (Å²) in [5.74, 6) is -6.87. The molecule has 1 saturated carbocycles. The van der Waals surface area contributed by atoms with E-state index in [1.165, 1.54) is 0 Å². The van der Waals surface area contributed by atoms with Gasteiger partial charge < -0.3 is 5.73 Å². The van der Waals surface area contributed by atoms with Crippen LogP contribution < -0.4 is 5.73 Å². The lowest BCUT2D eigenvalue weighted by molar-refractivity contribution is -0.0608. The van der Waals surface area contributed by atoms with Gasteiger partial charge in [-0.05, 0) is 0 Å². The second-order valence-electron chi connectivity index (χ2n) is 2.74. The maximum atomic E-state index is 12.2. The Bertz CT molecular complexity index is 162. The van der Waals surface area contributed by atoms with Gasteiger partial charge in [0.2, 0.25) is 0 Å². The molecule has 2 N–H and O–H groups in total. The highest BCUT2D eigenvalue weighted by molar-refractivity contribution is 5.21. The first-order chi connectivity index (χ1) is 4.21. The molecule has 0 saturated heterocycles. The third-order valence-electron chi connectivity index (χ3n) is 1.81. The van der Waals surface area contributed by atoms with Gasteiger partial charge in [-0.15, -0.1) is 0 Å². The summed E-state index contributed by atoms with van der Waals surface area (Å²) in [5.41, 5.74) is 2.12. The van der Waals surface area contributed by atoms with Gasteiger partial charge in [0.1, 0.15) is 5.54 Å². The molecule has 0 bridgehead atoms. The van der Waals surface area contributed by atoms with Gasteiger partial charge in [-0.25, -0.2) is 17.6 Å². The average Bonchev–Trinajstić information content (AvgIpc) is 2.05. The first kappa shape index (κ1) is 7.78. The Balaban J connectivity index is 2.78. The van der Waals surface area contributed by atoms with Crippen LogP contribution in [0.15, 0.2) is 0 Å². The third-order valence-corrected chi connectivity index (χ3v) is 1.81. The lowest BCUT2D eigenvalue weighted by Crippen LogP contribution is -2.46. The summed E-state index contributed by atoms with van der Waals surface area (Å²) < 4.78 is 48.5. The topological polar surface area (TPSA) is 26.0 Å². The molecular weight excluding hydrogens is 150 g/mol. The second kappa shape index (κ2) is 1.47. The average molecular weight is 157 g/mol. The molecule has 1 nitrogen and oxygen atoms in total. The Labute approximate surface area is 55.2 Å². The molecule has 0 amide bonds. The molecule has 60 valence electrons. The monoisotopic (exact) mass is 157 g/mol. The van der Waals surface area contributed by atoms with Gasteiger partial charge in [-0.2, -0.15) is 0 Å². The van der Waals surface area contributed by atoms with Gasteiger partial charge in [0.05, 0.1) is 0 Å². The van der Waals surface area contributed by atoms with E-state index in [4.69, 9.17) is 5.73 Å². The van der Waals surface area contributed by atoms with Crippen LogP contribution in [0.25, 0.3) is 0 Å². The fourth-order valence-electron chi connectivity index (χ4n) is 0.782. The van der Waals surface area contributed by atoms with Gasteiger partial charge in [0.25, 0.3) is 11.8 Å². The van der Waals surface area contributed by atoms with E-state index in [0.717, 1.165) is 0 Å². The van der Waals surface area contributed by atoms with Crippen LogP contribution >= 0.6 is 0 Å². The minimum absolute atomic E-state index is 0.411. The normalized spacial score (nSPS) is 37.8. The molecule has 1 aliphatic rings. The number of halogens is 4. The molecule has 1 fully saturated rings. The maximum Gasteiger partial charge on any atom is 0.274 e. The summed E-state index contributed by atoms with van der Waals surface area (Å²) in [6, 6.07) is 0. The molecular formula is C5H7F4N. The molecule has 0 aromatic rings. The van der Waals surface area contributed by atoms with E-state index in [1.54, 1.807) is 0 Å². The number of hydrogen-bond donors (Lipinski definition) is 1. The van der Waals surface area contributed by atoms with Crippen LogP contribution in [0.2, 0.25) is 0 Å². The first-order valence-corrected chi connectivity index (χ1v) is 2.75. The van der Waals surface area contributed by atoms with Crippen molar-refractivity contribution < 1.29 is 17.6 Å². The minimum atomic E-state index is -3.49. The van der Waals surface area contributed by atoms with Gasteiger partial charge in [0, 0.05) is 13.3 Å². The Morgan fingerprint density at radius 3 is 1.70 bits per heavy atom. The molecule has 1 unspecified atom stereocenters. The molecule has 0 aromatic carbocycles. The zero-order chi connectivity index (χ0) is 8.21. The highest BCUT2D eigenvalue weighted by Crippen LogP contribution is 2.58. The maximum absolute atomic E-state index is 12.2. The van der Waals surface area contributed by atoms with Crippen molar-refractivity contribution in [2.24, 2.45) is 5.73 Å². The second-order valence-corrected chi connectivity index (χ2v) is 2.74. The van der Waals surface area contributed by atoms with Crippen LogP contribution in [0.1, 0.15) is 13.3 Å². The van der Waals surface area contributed by atoms with E-state index in [2.05, 4.69) is 0 Å². The molecule has 1 rings (SSSR count). The highest BCUT2D eigenvalue weighted by Gasteiger charge is 2.78. The molecule has 0 spiro atoms. The van der Waals surface area contributed by atoms with Gasteiger partial charge in [-0.3, -0.25) is 0 Å². The van der Waals surface area contributed by atoms with E-state index in [1.807, 2.05) is 0 Å². The summed E-state index contributed by atoms with van der Waals surface area (Å²) in [7, 11) is 0. The SMILES string of the molecule is CC(F)(F)C1(N)CC1(F)F. The zero-order valence-electron chi connectivity index (χ0n) is 5.30.